The van der Waals surface area contributed by atoms with Crippen molar-refractivity contribution in [2.45, 2.75) is 52.3 Å². The van der Waals surface area contributed by atoms with Gasteiger partial charge in [-0.25, -0.2) is 14.4 Å². The van der Waals surface area contributed by atoms with Crippen molar-refractivity contribution in [1.82, 2.24) is 15.0 Å². The number of aromatic nitrogens is 3. The number of piperazine rings is 1. The fourth-order valence-electron chi connectivity index (χ4n) is 5.23. The lowest BCUT2D eigenvalue weighted by Gasteiger charge is -2.41. The maximum atomic E-state index is 13.6. The summed E-state index contributed by atoms with van der Waals surface area (Å²) in [6.07, 6.45) is 4.02. The van der Waals surface area contributed by atoms with E-state index in [-0.39, 0.29) is 18.5 Å². The molecule has 1 N–H and O–H groups in total. The first kappa shape index (κ1) is 23.5. The van der Waals surface area contributed by atoms with Crippen LogP contribution in [0, 0.1) is 12.7 Å². The lowest BCUT2D eigenvalue weighted by atomic mass is 10.1. The Kier molecular flexibility index (Phi) is 6.56. The summed E-state index contributed by atoms with van der Waals surface area (Å²) in [4.78, 5) is 21.5. The molecular weight excluding hydrogens is 443 g/mol. The Hall–Kier alpha value is -3.26. The van der Waals surface area contributed by atoms with Crippen LogP contribution in [0.2, 0.25) is 0 Å². The zero-order valence-corrected chi connectivity index (χ0v) is 20.7. The van der Waals surface area contributed by atoms with Crippen LogP contribution in [0.25, 0.3) is 11.3 Å². The van der Waals surface area contributed by atoms with E-state index in [1.807, 2.05) is 19.1 Å². The molecule has 7 nitrogen and oxygen atoms in total. The molecule has 0 spiro atoms. The number of rotatable bonds is 5. The summed E-state index contributed by atoms with van der Waals surface area (Å²) in [5.74, 6) is 2.37. The van der Waals surface area contributed by atoms with Gasteiger partial charge >= 0.3 is 0 Å². The molecular formula is C27H33FN6O. The SMILES string of the molecule is Cc1cc(CO)cnc1N1CCN(c2cc(-c3ccc(F)cc3)nc(N3CCCC3C)n2)[C@H](C)C1. The van der Waals surface area contributed by atoms with E-state index in [0.717, 1.165) is 79.0 Å². The molecule has 0 aliphatic carbocycles. The molecule has 2 aliphatic rings. The van der Waals surface area contributed by atoms with Gasteiger partial charge in [0.05, 0.1) is 12.3 Å². The van der Waals surface area contributed by atoms with Gasteiger partial charge in [-0.2, -0.15) is 4.98 Å². The Labute approximate surface area is 206 Å². The van der Waals surface area contributed by atoms with Crippen LogP contribution in [0.4, 0.5) is 22.0 Å². The topological polar surface area (TPSA) is 68.6 Å². The van der Waals surface area contributed by atoms with Gasteiger partial charge in [0.15, 0.2) is 0 Å². The molecule has 1 aromatic carbocycles. The van der Waals surface area contributed by atoms with Crippen molar-refractivity contribution in [1.29, 1.82) is 0 Å². The van der Waals surface area contributed by atoms with Crippen molar-refractivity contribution in [3.8, 4) is 11.3 Å². The van der Waals surface area contributed by atoms with Gasteiger partial charge in [-0.05, 0) is 75.1 Å². The number of aliphatic hydroxyl groups excluding tert-OH is 1. The minimum atomic E-state index is -0.253. The van der Waals surface area contributed by atoms with E-state index < -0.39 is 0 Å². The number of nitrogens with zero attached hydrogens (tertiary/aromatic N) is 6. The van der Waals surface area contributed by atoms with E-state index >= 15 is 0 Å². The Morgan fingerprint density at radius 3 is 2.46 bits per heavy atom. The van der Waals surface area contributed by atoms with E-state index in [2.05, 4.69) is 33.5 Å². The zero-order chi connectivity index (χ0) is 24.5. The number of anilines is 3. The highest BCUT2D eigenvalue weighted by Crippen LogP contribution is 2.31. The van der Waals surface area contributed by atoms with Crippen LogP contribution in [0.3, 0.4) is 0 Å². The normalized spacial score (nSPS) is 20.5. The zero-order valence-electron chi connectivity index (χ0n) is 20.7. The Bertz CT molecular complexity index is 1190. The minimum Gasteiger partial charge on any atom is -0.392 e. The van der Waals surface area contributed by atoms with Crippen LogP contribution in [0.5, 0.6) is 0 Å². The number of hydrogen-bond acceptors (Lipinski definition) is 7. The second kappa shape index (κ2) is 9.77. The van der Waals surface area contributed by atoms with Gasteiger partial charge in [0.2, 0.25) is 5.95 Å². The highest BCUT2D eigenvalue weighted by atomic mass is 19.1. The number of pyridine rings is 1. The number of hydrogen-bond donors (Lipinski definition) is 1. The fraction of sp³-hybridized carbons (Fsp3) is 0.444. The molecule has 2 fully saturated rings. The van der Waals surface area contributed by atoms with E-state index in [0.29, 0.717) is 6.04 Å². The third-order valence-corrected chi connectivity index (χ3v) is 7.16. The Morgan fingerprint density at radius 2 is 1.80 bits per heavy atom. The standard InChI is InChI=1S/C27H33FN6O/c1-18-13-21(17-35)15-29-26(18)32-11-12-33(20(3)16-32)25-14-24(22-6-8-23(28)9-7-22)30-27(31-25)34-10-4-5-19(34)2/h6-9,13-15,19-20,35H,4-5,10-12,16-17H2,1-3H3/t19?,20-/m1/s1. The van der Waals surface area contributed by atoms with Gasteiger partial charge in [0, 0.05) is 56.1 Å². The van der Waals surface area contributed by atoms with Gasteiger partial charge in [0.25, 0.3) is 0 Å². The van der Waals surface area contributed by atoms with Gasteiger partial charge in [-0.3, -0.25) is 0 Å². The molecule has 4 heterocycles. The number of aryl methyl sites for hydroxylation is 1. The molecule has 0 radical (unpaired) electrons. The van der Waals surface area contributed by atoms with Gasteiger partial charge < -0.3 is 19.8 Å². The lowest BCUT2D eigenvalue weighted by molar-refractivity contribution is 0.281. The third-order valence-electron chi connectivity index (χ3n) is 7.16. The highest BCUT2D eigenvalue weighted by Gasteiger charge is 2.29. The van der Waals surface area contributed by atoms with Crippen molar-refractivity contribution >= 4 is 17.6 Å². The van der Waals surface area contributed by atoms with Gasteiger partial charge in [-0.15, -0.1) is 0 Å². The van der Waals surface area contributed by atoms with E-state index in [9.17, 15) is 9.50 Å². The van der Waals surface area contributed by atoms with Crippen LogP contribution in [-0.4, -0.2) is 58.3 Å². The van der Waals surface area contributed by atoms with E-state index in [1.165, 1.54) is 12.1 Å². The molecule has 184 valence electrons. The summed E-state index contributed by atoms with van der Waals surface area (Å²) in [5.41, 5.74) is 3.60. The molecule has 2 atom stereocenters. The lowest BCUT2D eigenvalue weighted by Crippen LogP contribution is -2.53. The van der Waals surface area contributed by atoms with Gasteiger partial charge in [-0.1, -0.05) is 0 Å². The first-order valence-corrected chi connectivity index (χ1v) is 12.4. The predicted molar refractivity (Wildman–Crippen MR) is 137 cm³/mol. The smallest absolute Gasteiger partial charge is 0.228 e. The molecule has 2 saturated heterocycles. The number of halogens is 1. The second-order valence-corrected chi connectivity index (χ2v) is 9.73. The molecule has 0 bridgehead atoms. The average molecular weight is 477 g/mol. The minimum absolute atomic E-state index is 0.000367. The summed E-state index contributed by atoms with van der Waals surface area (Å²) in [7, 11) is 0. The molecule has 8 heteroatoms. The molecule has 3 aromatic rings. The Balaban J connectivity index is 1.44. The monoisotopic (exact) mass is 476 g/mol. The van der Waals surface area contributed by atoms with Crippen molar-refractivity contribution in [3.63, 3.8) is 0 Å². The molecule has 2 aromatic heterocycles. The third kappa shape index (κ3) is 4.80. The van der Waals surface area contributed by atoms with Gasteiger partial charge in [0.1, 0.15) is 17.5 Å². The summed E-state index contributed by atoms with van der Waals surface area (Å²) in [6.45, 7) is 9.87. The van der Waals surface area contributed by atoms with E-state index in [1.54, 1.807) is 18.3 Å². The second-order valence-electron chi connectivity index (χ2n) is 9.73. The quantitative estimate of drug-likeness (QED) is 0.592. The summed E-state index contributed by atoms with van der Waals surface area (Å²) < 4.78 is 13.6. The van der Waals surface area contributed by atoms with Crippen LogP contribution in [0.15, 0.2) is 42.6 Å². The molecule has 5 rings (SSSR count). The van der Waals surface area contributed by atoms with Crippen LogP contribution >= 0.6 is 0 Å². The highest BCUT2D eigenvalue weighted by molar-refractivity contribution is 5.66. The van der Waals surface area contributed by atoms with E-state index in [4.69, 9.17) is 9.97 Å². The van der Waals surface area contributed by atoms with Crippen LogP contribution < -0.4 is 14.7 Å². The summed E-state index contributed by atoms with van der Waals surface area (Å²) in [6, 6.07) is 11.2. The first-order valence-electron chi connectivity index (χ1n) is 12.4. The van der Waals surface area contributed by atoms with Crippen LogP contribution in [0.1, 0.15) is 37.8 Å². The van der Waals surface area contributed by atoms with Crippen molar-refractivity contribution in [3.05, 3.63) is 59.5 Å². The molecule has 1 unspecified atom stereocenters. The molecule has 2 aliphatic heterocycles. The van der Waals surface area contributed by atoms with Crippen molar-refractivity contribution in [2.24, 2.45) is 0 Å². The van der Waals surface area contributed by atoms with Crippen LogP contribution in [-0.2, 0) is 6.61 Å². The first-order chi connectivity index (χ1) is 16.9. The summed E-state index contributed by atoms with van der Waals surface area (Å²) in [5, 5.41) is 9.41. The number of aliphatic hydroxyl groups is 1. The maximum absolute atomic E-state index is 13.6. The maximum Gasteiger partial charge on any atom is 0.228 e. The fourth-order valence-corrected chi connectivity index (χ4v) is 5.23. The Morgan fingerprint density at radius 1 is 1.00 bits per heavy atom. The molecule has 0 amide bonds. The van der Waals surface area contributed by atoms with Crippen molar-refractivity contribution in [2.75, 3.05) is 40.9 Å². The molecule has 0 saturated carbocycles. The average Bonchev–Trinajstić information content (AvgIpc) is 3.30. The van der Waals surface area contributed by atoms with Crippen molar-refractivity contribution < 1.29 is 9.50 Å². The largest absolute Gasteiger partial charge is 0.392 e. The predicted octanol–water partition coefficient (Wildman–Crippen LogP) is 4.18. The summed E-state index contributed by atoms with van der Waals surface area (Å²) >= 11 is 0. The number of benzene rings is 1. The molecule has 35 heavy (non-hydrogen) atoms.